The van der Waals surface area contributed by atoms with Crippen molar-refractivity contribution in [1.29, 1.82) is 0 Å². The third kappa shape index (κ3) is 5.75. The predicted molar refractivity (Wildman–Crippen MR) is 78.3 cm³/mol. The van der Waals surface area contributed by atoms with E-state index in [2.05, 4.69) is 12.2 Å². The average molecular weight is 264 g/mol. The van der Waals surface area contributed by atoms with Crippen molar-refractivity contribution in [1.82, 2.24) is 0 Å². The maximum atomic E-state index is 11.9. The summed E-state index contributed by atoms with van der Waals surface area (Å²) in [5.74, 6) is 0.621. The van der Waals surface area contributed by atoms with Crippen molar-refractivity contribution in [3.63, 3.8) is 0 Å². The Morgan fingerprint density at radius 2 is 2.05 bits per heavy atom. The molecule has 4 nitrogen and oxygen atoms in total. The highest BCUT2D eigenvalue weighted by atomic mass is 16.5. The van der Waals surface area contributed by atoms with Crippen LogP contribution in [0, 0.1) is 0 Å². The largest absolute Gasteiger partial charge is 0.489 e. The molecule has 0 aliphatic carbocycles. The molecule has 0 radical (unpaired) electrons. The van der Waals surface area contributed by atoms with E-state index in [9.17, 15) is 4.79 Å². The summed E-state index contributed by atoms with van der Waals surface area (Å²) in [5, 5.41) is 2.86. The molecule has 0 aliphatic heterocycles. The molecule has 3 N–H and O–H groups in total. The van der Waals surface area contributed by atoms with E-state index in [-0.39, 0.29) is 18.1 Å². The fraction of sp³-hybridized carbons (Fsp3) is 0.533. The van der Waals surface area contributed by atoms with Gasteiger partial charge in [-0.15, -0.1) is 0 Å². The molecule has 1 aromatic carbocycles. The van der Waals surface area contributed by atoms with Gasteiger partial charge in [-0.2, -0.15) is 0 Å². The van der Waals surface area contributed by atoms with E-state index in [1.165, 1.54) is 0 Å². The van der Waals surface area contributed by atoms with Crippen molar-refractivity contribution in [2.24, 2.45) is 5.73 Å². The molecule has 0 bridgehead atoms. The third-order valence-corrected chi connectivity index (χ3v) is 2.63. The topological polar surface area (TPSA) is 64.4 Å². The molecule has 106 valence electrons. The zero-order chi connectivity index (χ0) is 14.3. The van der Waals surface area contributed by atoms with Gasteiger partial charge in [0.25, 0.3) is 0 Å². The minimum Gasteiger partial charge on any atom is -0.489 e. The lowest BCUT2D eigenvalue weighted by Gasteiger charge is -2.15. The molecule has 0 spiro atoms. The van der Waals surface area contributed by atoms with Crippen LogP contribution in [0.25, 0.3) is 0 Å². The van der Waals surface area contributed by atoms with Crippen LogP contribution in [-0.4, -0.2) is 18.1 Å². The van der Waals surface area contributed by atoms with Crippen LogP contribution in [0.15, 0.2) is 24.3 Å². The van der Waals surface area contributed by atoms with E-state index in [4.69, 9.17) is 10.5 Å². The van der Waals surface area contributed by atoms with Crippen LogP contribution in [0.5, 0.6) is 5.75 Å². The molecule has 4 heteroatoms. The number of nitrogens with two attached hydrogens (primary N) is 1. The van der Waals surface area contributed by atoms with E-state index in [1.54, 1.807) is 0 Å². The van der Waals surface area contributed by atoms with Gasteiger partial charge in [0, 0.05) is 12.5 Å². The Bertz CT molecular complexity index is 405. The second-order valence-corrected chi connectivity index (χ2v) is 4.96. The maximum Gasteiger partial charge on any atom is 0.226 e. The van der Waals surface area contributed by atoms with E-state index in [0.29, 0.717) is 17.9 Å². The summed E-state index contributed by atoms with van der Waals surface area (Å²) in [6.45, 7) is 5.97. The molecular weight excluding hydrogens is 240 g/mol. The summed E-state index contributed by atoms with van der Waals surface area (Å²) in [6.07, 6.45) is 2.25. The molecule has 1 atom stereocenters. The standard InChI is InChI=1S/C15H24N2O2/c1-4-7-12(16)10-15(18)17-13-8-5-6-9-14(13)19-11(2)3/h5-6,8-9,11-12H,4,7,10,16H2,1-3H3,(H,17,18). The lowest BCUT2D eigenvalue weighted by molar-refractivity contribution is -0.116. The lowest BCUT2D eigenvalue weighted by Crippen LogP contribution is -2.27. The fourth-order valence-corrected chi connectivity index (χ4v) is 1.84. The SMILES string of the molecule is CCCC(N)CC(=O)Nc1ccccc1OC(C)C. The molecule has 1 amide bonds. The normalized spacial score (nSPS) is 12.3. The number of para-hydroxylation sites is 2. The number of hydrogen-bond donors (Lipinski definition) is 2. The van der Waals surface area contributed by atoms with Crippen LogP contribution in [0.1, 0.15) is 40.0 Å². The monoisotopic (exact) mass is 264 g/mol. The molecule has 1 rings (SSSR count). The summed E-state index contributed by atoms with van der Waals surface area (Å²) in [6, 6.07) is 7.36. The molecule has 0 fully saturated rings. The first-order chi connectivity index (χ1) is 9.02. The predicted octanol–water partition coefficient (Wildman–Crippen LogP) is 2.93. The van der Waals surface area contributed by atoms with Gasteiger partial charge in [-0.1, -0.05) is 25.5 Å². The first-order valence-electron chi connectivity index (χ1n) is 6.84. The van der Waals surface area contributed by atoms with Crippen LogP contribution in [0.2, 0.25) is 0 Å². The number of carbonyl (C=O) groups is 1. The fourth-order valence-electron chi connectivity index (χ4n) is 1.84. The average Bonchev–Trinajstić information content (AvgIpc) is 2.31. The zero-order valence-corrected chi connectivity index (χ0v) is 12.0. The van der Waals surface area contributed by atoms with Gasteiger partial charge in [0.1, 0.15) is 5.75 Å². The molecule has 0 heterocycles. The molecule has 0 saturated carbocycles. The van der Waals surface area contributed by atoms with Gasteiger partial charge in [0.2, 0.25) is 5.91 Å². The van der Waals surface area contributed by atoms with Crippen molar-refractivity contribution in [3.8, 4) is 5.75 Å². The summed E-state index contributed by atoms with van der Waals surface area (Å²) in [4.78, 5) is 11.9. The molecule has 0 aliphatic rings. The summed E-state index contributed by atoms with van der Waals surface area (Å²) in [7, 11) is 0. The quantitative estimate of drug-likeness (QED) is 0.796. The maximum absolute atomic E-state index is 11.9. The van der Waals surface area contributed by atoms with Crippen LogP contribution < -0.4 is 15.8 Å². The minimum atomic E-state index is -0.0804. The lowest BCUT2D eigenvalue weighted by atomic mass is 10.1. The van der Waals surface area contributed by atoms with Gasteiger partial charge < -0.3 is 15.8 Å². The minimum absolute atomic E-state index is 0.0687. The highest BCUT2D eigenvalue weighted by Crippen LogP contribution is 2.25. The smallest absolute Gasteiger partial charge is 0.226 e. The van der Waals surface area contributed by atoms with Gasteiger partial charge in [-0.05, 0) is 32.4 Å². The van der Waals surface area contributed by atoms with Crippen LogP contribution in [0.4, 0.5) is 5.69 Å². The van der Waals surface area contributed by atoms with Gasteiger partial charge in [-0.3, -0.25) is 4.79 Å². The second kappa shape index (κ2) is 7.79. The van der Waals surface area contributed by atoms with Crippen molar-refractivity contribution >= 4 is 11.6 Å². The van der Waals surface area contributed by atoms with Crippen molar-refractivity contribution in [2.45, 2.75) is 52.2 Å². The first kappa shape index (κ1) is 15.5. The first-order valence-corrected chi connectivity index (χ1v) is 6.84. The number of ether oxygens (including phenoxy) is 1. The third-order valence-electron chi connectivity index (χ3n) is 2.63. The number of anilines is 1. The Balaban J connectivity index is 2.63. The molecular formula is C15H24N2O2. The molecule has 0 aromatic heterocycles. The summed E-state index contributed by atoms with van der Waals surface area (Å²) >= 11 is 0. The highest BCUT2D eigenvalue weighted by molar-refractivity contribution is 5.92. The second-order valence-electron chi connectivity index (χ2n) is 4.96. The highest BCUT2D eigenvalue weighted by Gasteiger charge is 2.11. The number of benzene rings is 1. The number of nitrogens with one attached hydrogen (secondary N) is 1. The Morgan fingerprint density at radius 1 is 1.37 bits per heavy atom. The Kier molecular flexibility index (Phi) is 6.36. The number of amides is 1. The Labute approximate surface area is 115 Å². The van der Waals surface area contributed by atoms with Crippen LogP contribution in [-0.2, 0) is 4.79 Å². The Hall–Kier alpha value is -1.55. The van der Waals surface area contributed by atoms with Crippen LogP contribution in [0.3, 0.4) is 0 Å². The molecule has 1 aromatic rings. The number of carbonyl (C=O) groups excluding carboxylic acids is 1. The van der Waals surface area contributed by atoms with E-state index < -0.39 is 0 Å². The van der Waals surface area contributed by atoms with E-state index in [1.807, 2.05) is 38.1 Å². The molecule has 1 unspecified atom stereocenters. The number of rotatable bonds is 7. The zero-order valence-electron chi connectivity index (χ0n) is 12.0. The van der Waals surface area contributed by atoms with Crippen molar-refractivity contribution in [2.75, 3.05) is 5.32 Å². The number of hydrogen-bond acceptors (Lipinski definition) is 3. The van der Waals surface area contributed by atoms with E-state index in [0.717, 1.165) is 12.8 Å². The van der Waals surface area contributed by atoms with Crippen molar-refractivity contribution < 1.29 is 9.53 Å². The van der Waals surface area contributed by atoms with Gasteiger partial charge in [-0.25, -0.2) is 0 Å². The van der Waals surface area contributed by atoms with Gasteiger partial charge >= 0.3 is 0 Å². The summed E-state index contributed by atoms with van der Waals surface area (Å²) < 4.78 is 5.65. The Morgan fingerprint density at radius 3 is 2.68 bits per heavy atom. The summed E-state index contributed by atoms with van der Waals surface area (Å²) in [5.41, 5.74) is 6.56. The van der Waals surface area contributed by atoms with E-state index >= 15 is 0 Å². The van der Waals surface area contributed by atoms with Gasteiger partial charge in [0.05, 0.1) is 11.8 Å². The van der Waals surface area contributed by atoms with Crippen LogP contribution >= 0.6 is 0 Å². The van der Waals surface area contributed by atoms with Gasteiger partial charge in [0.15, 0.2) is 0 Å². The molecule has 0 saturated heterocycles. The van der Waals surface area contributed by atoms with Crippen molar-refractivity contribution in [3.05, 3.63) is 24.3 Å². The molecule has 19 heavy (non-hydrogen) atoms.